The molecule has 0 bridgehead atoms. The van der Waals surface area contributed by atoms with Gasteiger partial charge >= 0.3 is 0 Å². The second kappa shape index (κ2) is 1.88. The van der Waals surface area contributed by atoms with Gasteiger partial charge in [0, 0.05) is 19.1 Å². The van der Waals surface area contributed by atoms with E-state index in [4.69, 9.17) is 6.42 Å². The van der Waals surface area contributed by atoms with Crippen molar-refractivity contribution in [3.05, 3.63) is 0 Å². The van der Waals surface area contributed by atoms with Gasteiger partial charge in [0.05, 0.1) is 0 Å². The summed E-state index contributed by atoms with van der Waals surface area (Å²) in [5.41, 5.74) is 0. The summed E-state index contributed by atoms with van der Waals surface area (Å²) >= 11 is 0. The zero-order valence-electron chi connectivity index (χ0n) is 4.35. The Morgan fingerprint density at radius 2 is 1.86 bits per heavy atom. The summed E-state index contributed by atoms with van der Waals surface area (Å²) in [7, 11) is 0. The molecule has 0 saturated carbocycles. The first kappa shape index (κ1) is 4.52. The molecule has 1 rings (SSSR count). The summed E-state index contributed by atoms with van der Waals surface area (Å²) in [5, 5.41) is 0. The Labute approximate surface area is 44.3 Å². The molecule has 0 unspecified atom stereocenters. The average molecular weight is 95.1 g/mol. The Balaban J connectivity index is 2.31. The monoisotopic (exact) mass is 95.1 g/mol. The van der Waals surface area contributed by atoms with E-state index < -0.39 is 0 Å². The van der Waals surface area contributed by atoms with Gasteiger partial charge < -0.3 is 4.90 Å². The molecular weight excluding hydrogens is 86.1 g/mol. The van der Waals surface area contributed by atoms with Crippen LogP contribution < -0.4 is 0 Å². The van der Waals surface area contributed by atoms with Crippen LogP contribution in [0.25, 0.3) is 0 Å². The van der Waals surface area contributed by atoms with Crippen LogP contribution in [0.15, 0.2) is 0 Å². The third-order valence-electron chi connectivity index (χ3n) is 1.29. The molecule has 1 heterocycles. The van der Waals surface area contributed by atoms with Crippen molar-refractivity contribution >= 4 is 0 Å². The first-order valence-electron chi connectivity index (χ1n) is 2.64. The molecule has 0 aliphatic carbocycles. The number of hydrogen-bond acceptors (Lipinski definition) is 1. The van der Waals surface area contributed by atoms with Crippen molar-refractivity contribution in [3.63, 3.8) is 0 Å². The summed E-state index contributed by atoms with van der Waals surface area (Å²) in [5.74, 6) is 0. The lowest BCUT2D eigenvalue weighted by molar-refractivity contribution is 0.497. The van der Waals surface area contributed by atoms with E-state index in [1.54, 1.807) is 0 Å². The Morgan fingerprint density at radius 1 is 1.29 bits per heavy atom. The first-order valence-corrected chi connectivity index (χ1v) is 2.64. The summed E-state index contributed by atoms with van der Waals surface area (Å²) in [6.45, 7) is 2.22. The Hall–Kier alpha value is -0.640. The summed E-state index contributed by atoms with van der Waals surface area (Å²) in [4.78, 5) is 2.01. The van der Waals surface area contributed by atoms with Crippen LogP contribution in [0.4, 0.5) is 0 Å². The van der Waals surface area contributed by atoms with Crippen LogP contribution in [0, 0.1) is 12.5 Å². The van der Waals surface area contributed by atoms with E-state index in [0.717, 1.165) is 13.1 Å². The van der Waals surface area contributed by atoms with Gasteiger partial charge in [-0.15, -0.1) is 0 Å². The van der Waals surface area contributed by atoms with Crippen LogP contribution in [0.2, 0.25) is 0 Å². The maximum absolute atomic E-state index is 5.11. The van der Waals surface area contributed by atoms with Gasteiger partial charge in [0.15, 0.2) is 0 Å². The van der Waals surface area contributed by atoms with Crippen molar-refractivity contribution < 1.29 is 0 Å². The molecular formula is C6H9N. The van der Waals surface area contributed by atoms with Crippen molar-refractivity contribution in [1.29, 1.82) is 0 Å². The molecule has 1 aliphatic heterocycles. The number of rotatable bonds is 0. The van der Waals surface area contributed by atoms with Crippen molar-refractivity contribution in [3.8, 4) is 12.5 Å². The lowest BCUT2D eigenvalue weighted by Crippen LogP contribution is -2.10. The first-order chi connectivity index (χ1) is 3.43. The van der Waals surface area contributed by atoms with Crippen LogP contribution in [0.5, 0.6) is 0 Å². The normalized spacial score (nSPS) is 19.6. The Bertz CT molecular complexity index is 84.8. The molecule has 38 valence electrons. The molecule has 0 N–H and O–H groups in total. The molecule has 0 amide bonds. The Kier molecular flexibility index (Phi) is 1.21. The van der Waals surface area contributed by atoms with Crippen molar-refractivity contribution in [1.82, 2.24) is 4.90 Å². The zero-order chi connectivity index (χ0) is 5.11. The summed E-state index contributed by atoms with van der Waals surface area (Å²) in [6, 6.07) is 2.60. The number of nitrogens with zero attached hydrogens (tertiary/aromatic N) is 1. The zero-order valence-corrected chi connectivity index (χ0v) is 4.35. The van der Waals surface area contributed by atoms with Crippen molar-refractivity contribution in [2.24, 2.45) is 0 Å². The van der Waals surface area contributed by atoms with E-state index in [2.05, 4.69) is 6.04 Å². The fourth-order valence-corrected chi connectivity index (χ4v) is 0.846. The molecule has 1 saturated heterocycles. The lowest BCUT2D eigenvalue weighted by atomic mass is 10.4. The minimum absolute atomic E-state index is 1.11. The molecule has 0 aromatic rings. The van der Waals surface area contributed by atoms with Gasteiger partial charge in [0.2, 0.25) is 0 Å². The van der Waals surface area contributed by atoms with Crippen LogP contribution in [-0.4, -0.2) is 18.0 Å². The van der Waals surface area contributed by atoms with Gasteiger partial charge in [-0.2, -0.15) is 0 Å². The molecule has 1 aliphatic rings. The molecule has 1 nitrogen and oxygen atoms in total. The quantitative estimate of drug-likeness (QED) is 0.400. The second-order valence-corrected chi connectivity index (χ2v) is 1.82. The molecule has 7 heavy (non-hydrogen) atoms. The topological polar surface area (TPSA) is 3.24 Å². The highest BCUT2D eigenvalue weighted by molar-refractivity contribution is 4.87. The highest BCUT2D eigenvalue weighted by atomic mass is 15.1. The molecule has 0 aromatic heterocycles. The van der Waals surface area contributed by atoms with Crippen LogP contribution in [-0.2, 0) is 0 Å². The van der Waals surface area contributed by atoms with Crippen LogP contribution >= 0.6 is 0 Å². The minimum Gasteiger partial charge on any atom is -0.333 e. The predicted molar refractivity (Wildman–Crippen MR) is 29.6 cm³/mol. The molecule has 0 aromatic carbocycles. The SMILES string of the molecule is C#CN1CCCC1. The largest absolute Gasteiger partial charge is 0.333 e. The van der Waals surface area contributed by atoms with Gasteiger partial charge in [0.25, 0.3) is 0 Å². The predicted octanol–water partition coefficient (Wildman–Crippen LogP) is 0.673. The Morgan fingerprint density at radius 3 is 2.14 bits per heavy atom. The maximum Gasteiger partial charge on any atom is 0.0261 e. The molecule has 0 spiro atoms. The second-order valence-electron chi connectivity index (χ2n) is 1.82. The molecule has 0 radical (unpaired) electrons. The standard InChI is InChI=1S/C6H9N/c1-2-7-5-3-4-6-7/h1H,3-6H2. The number of hydrogen-bond donors (Lipinski definition) is 0. The van der Waals surface area contributed by atoms with E-state index in [9.17, 15) is 0 Å². The highest BCUT2D eigenvalue weighted by Gasteiger charge is 2.04. The van der Waals surface area contributed by atoms with Crippen molar-refractivity contribution in [2.45, 2.75) is 12.8 Å². The third kappa shape index (κ3) is 0.866. The van der Waals surface area contributed by atoms with Crippen LogP contribution in [0.1, 0.15) is 12.8 Å². The fraction of sp³-hybridized carbons (Fsp3) is 0.667. The van der Waals surface area contributed by atoms with Crippen LogP contribution in [0.3, 0.4) is 0 Å². The van der Waals surface area contributed by atoms with E-state index in [0.29, 0.717) is 0 Å². The highest BCUT2D eigenvalue weighted by Crippen LogP contribution is 2.03. The smallest absolute Gasteiger partial charge is 0.0261 e. The molecule has 1 heteroatoms. The molecule has 1 fully saturated rings. The number of terminal acetylenes is 1. The van der Waals surface area contributed by atoms with Gasteiger partial charge in [-0.3, -0.25) is 0 Å². The fourth-order valence-electron chi connectivity index (χ4n) is 0.846. The summed E-state index contributed by atoms with van der Waals surface area (Å²) in [6.07, 6.45) is 7.67. The van der Waals surface area contributed by atoms with Gasteiger partial charge in [-0.1, -0.05) is 6.42 Å². The van der Waals surface area contributed by atoms with E-state index in [-0.39, 0.29) is 0 Å². The minimum atomic E-state index is 1.11. The van der Waals surface area contributed by atoms with Crippen molar-refractivity contribution in [2.75, 3.05) is 13.1 Å². The van der Waals surface area contributed by atoms with E-state index >= 15 is 0 Å². The van der Waals surface area contributed by atoms with E-state index in [1.165, 1.54) is 12.8 Å². The van der Waals surface area contributed by atoms with Gasteiger partial charge in [0.1, 0.15) is 0 Å². The van der Waals surface area contributed by atoms with E-state index in [1.807, 2.05) is 4.90 Å². The average Bonchev–Trinajstić information content (AvgIpc) is 2.14. The maximum atomic E-state index is 5.11. The van der Waals surface area contributed by atoms with Gasteiger partial charge in [-0.25, -0.2) is 0 Å². The lowest BCUT2D eigenvalue weighted by Gasteiger charge is -2.03. The number of likely N-dealkylation sites (tertiary alicyclic amines) is 1. The third-order valence-corrected chi connectivity index (χ3v) is 1.29. The molecule has 0 atom stereocenters. The van der Waals surface area contributed by atoms with Gasteiger partial charge in [-0.05, 0) is 12.8 Å². The summed E-state index contributed by atoms with van der Waals surface area (Å²) < 4.78 is 0.